The van der Waals surface area contributed by atoms with E-state index in [0.29, 0.717) is 16.9 Å². The van der Waals surface area contributed by atoms with Gasteiger partial charge in [-0.05, 0) is 49.4 Å². The van der Waals surface area contributed by atoms with E-state index in [-0.39, 0.29) is 29.5 Å². The molecule has 1 saturated heterocycles. The van der Waals surface area contributed by atoms with Crippen LogP contribution in [0.5, 0.6) is 0 Å². The Morgan fingerprint density at radius 2 is 2.05 bits per heavy atom. The average molecular weight is 264 g/mol. The SMILES string of the molecule is C=C1C(=O)O[C@@H]2C[C@]3(C)[C@@H](CC[C@H](C)O)[C@]3(C)C[C@H]12. The molecule has 0 unspecified atom stereocenters. The molecule has 2 aliphatic carbocycles. The molecule has 0 aromatic heterocycles. The summed E-state index contributed by atoms with van der Waals surface area (Å²) in [6, 6.07) is 0. The van der Waals surface area contributed by atoms with Crippen LogP contribution in [-0.4, -0.2) is 23.3 Å². The molecule has 1 aliphatic heterocycles. The van der Waals surface area contributed by atoms with Gasteiger partial charge in [-0.15, -0.1) is 0 Å². The van der Waals surface area contributed by atoms with Crippen LogP contribution in [0.4, 0.5) is 0 Å². The maximum atomic E-state index is 11.6. The van der Waals surface area contributed by atoms with Gasteiger partial charge in [-0.3, -0.25) is 0 Å². The van der Waals surface area contributed by atoms with Crippen molar-refractivity contribution >= 4 is 5.97 Å². The molecular weight excluding hydrogens is 240 g/mol. The van der Waals surface area contributed by atoms with Gasteiger partial charge in [-0.1, -0.05) is 20.4 Å². The molecule has 19 heavy (non-hydrogen) atoms. The van der Waals surface area contributed by atoms with Crippen LogP contribution in [0, 0.1) is 22.7 Å². The maximum Gasteiger partial charge on any atom is 0.334 e. The molecule has 3 rings (SSSR count). The average Bonchev–Trinajstić information content (AvgIpc) is 2.66. The molecule has 106 valence electrons. The normalized spacial score (nSPS) is 49.4. The molecule has 0 radical (unpaired) electrons. The molecule has 6 atom stereocenters. The van der Waals surface area contributed by atoms with Gasteiger partial charge in [0.05, 0.1) is 6.10 Å². The van der Waals surface area contributed by atoms with Crippen LogP contribution in [0.15, 0.2) is 12.2 Å². The molecule has 3 heteroatoms. The van der Waals surface area contributed by atoms with Gasteiger partial charge in [0.15, 0.2) is 0 Å². The third kappa shape index (κ3) is 1.63. The Morgan fingerprint density at radius 1 is 1.42 bits per heavy atom. The molecule has 3 fully saturated rings. The van der Waals surface area contributed by atoms with Crippen LogP contribution < -0.4 is 0 Å². The first-order valence-electron chi connectivity index (χ1n) is 7.37. The van der Waals surface area contributed by atoms with Crippen molar-refractivity contribution in [3.8, 4) is 0 Å². The van der Waals surface area contributed by atoms with E-state index in [2.05, 4.69) is 20.4 Å². The van der Waals surface area contributed by atoms with E-state index in [0.717, 1.165) is 25.7 Å². The quantitative estimate of drug-likeness (QED) is 0.629. The summed E-state index contributed by atoms with van der Waals surface area (Å²) in [6.07, 6.45) is 3.75. The zero-order valence-electron chi connectivity index (χ0n) is 12.1. The largest absolute Gasteiger partial charge is 0.458 e. The van der Waals surface area contributed by atoms with E-state index in [9.17, 15) is 9.90 Å². The summed E-state index contributed by atoms with van der Waals surface area (Å²) in [5.74, 6) is 0.679. The van der Waals surface area contributed by atoms with Crippen LogP contribution in [0.25, 0.3) is 0 Å². The number of fused-ring (bicyclic) bond motifs is 2. The number of hydrogen-bond donors (Lipinski definition) is 1. The molecule has 0 spiro atoms. The Kier molecular flexibility index (Phi) is 2.66. The number of ether oxygens (including phenoxy) is 1. The lowest BCUT2D eigenvalue weighted by atomic mass is 9.73. The first-order valence-corrected chi connectivity index (χ1v) is 7.37. The van der Waals surface area contributed by atoms with E-state index < -0.39 is 0 Å². The third-order valence-corrected chi connectivity index (χ3v) is 6.32. The highest BCUT2D eigenvalue weighted by molar-refractivity contribution is 5.91. The van der Waals surface area contributed by atoms with Gasteiger partial charge in [0.2, 0.25) is 0 Å². The number of hydrogen-bond acceptors (Lipinski definition) is 3. The highest BCUT2D eigenvalue weighted by Crippen LogP contribution is 2.78. The number of aliphatic hydroxyl groups is 1. The highest BCUT2D eigenvalue weighted by Gasteiger charge is 2.74. The summed E-state index contributed by atoms with van der Waals surface area (Å²) in [5.41, 5.74) is 1.24. The lowest BCUT2D eigenvalue weighted by Gasteiger charge is -2.32. The van der Waals surface area contributed by atoms with Gasteiger partial charge >= 0.3 is 5.97 Å². The van der Waals surface area contributed by atoms with Crippen LogP contribution in [0.3, 0.4) is 0 Å². The third-order valence-electron chi connectivity index (χ3n) is 6.32. The first kappa shape index (κ1) is 13.2. The number of carbonyl (C=O) groups is 1. The summed E-state index contributed by atoms with van der Waals surface area (Å²) in [7, 11) is 0. The van der Waals surface area contributed by atoms with Crippen molar-refractivity contribution in [3.05, 3.63) is 12.2 Å². The summed E-state index contributed by atoms with van der Waals surface area (Å²) >= 11 is 0. The molecule has 3 nitrogen and oxygen atoms in total. The number of carbonyl (C=O) groups excluding carboxylic acids is 1. The Hall–Kier alpha value is -0.830. The minimum absolute atomic E-state index is 0.0506. The lowest BCUT2D eigenvalue weighted by Crippen LogP contribution is -2.30. The summed E-state index contributed by atoms with van der Waals surface area (Å²) in [5, 5.41) is 9.49. The zero-order chi connectivity index (χ0) is 14.0. The Labute approximate surface area is 115 Å². The van der Waals surface area contributed by atoms with Crippen molar-refractivity contribution in [1.29, 1.82) is 0 Å². The molecule has 3 aliphatic rings. The van der Waals surface area contributed by atoms with Gasteiger partial charge in [-0.25, -0.2) is 4.79 Å². The van der Waals surface area contributed by atoms with E-state index in [1.807, 2.05) is 6.92 Å². The second-order valence-electron chi connectivity index (χ2n) is 7.30. The first-order chi connectivity index (χ1) is 8.79. The van der Waals surface area contributed by atoms with Crippen molar-refractivity contribution in [3.63, 3.8) is 0 Å². The smallest absolute Gasteiger partial charge is 0.334 e. The molecule has 0 aromatic carbocycles. The second-order valence-corrected chi connectivity index (χ2v) is 7.30. The van der Waals surface area contributed by atoms with Gasteiger partial charge in [-0.2, -0.15) is 0 Å². The van der Waals surface area contributed by atoms with E-state index in [4.69, 9.17) is 4.74 Å². The zero-order valence-corrected chi connectivity index (χ0v) is 12.1. The summed E-state index contributed by atoms with van der Waals surface area (Å²) in [4.78, 5) is 11.6. The van der Waals surface area contributed by atoms with Gasteiger partial charge in [0.1, 0.15) is 6.10 Å². The molecule has 1 N–H and O–H groups in total. The Morgan fingerprint density at radius 3 is 2.68 bits per heavy atom. The molecule has 1 heterocycles. The van der Waals surface area contributed by atoms with Crippen LogP contribution in [0.2, 0.25) is 0 Å². The predicted molar refractivity (Wildman–Crippen MR) is 72.4 cm³/mol. The molecular formula is C16H24O3. The second kappa shape index (κ2) is 3.85. The summed E-state index contributed by atoms with van der Waals surface area (Å²) in [6.45, 7) is 10.4. The number of esters is 1. The Bertz CT molecular complexity index is 441. The van der Waals surface area contributed by atoms with Crippen molar-refractivity contribution in [2.45, 2.75) is 58.7 Å². The van der Waals surface area contributed by atoms with Gasteiger partial charge in [0.25, 0.3) is 0 Å². The standard InChI is InChI=1S/C16H24O3/c1-9(17)5-6-13-15(3)7-11-10(2)14(18)19-12(11)8-16(13,15)4/h9,11-13,17H,2,5-8H2,1,3-4H3/t9-,11+,12+,13-,15-,16+/m0/s1. The summed E-state index contributed by atoms with van der Waals surface area (Å²) < 4.78 is 5.47. The Balaban J connectivity index is 1.76. The van der Waals surface area contributed by atoms with Gasteiger partial charge in [0, 0.05) is 11.5 Å². The van der Waals surface area contributed by atoms with Crippen LogP contribution in [-0.2, 0) is 9.53 Å². The fourth-order valence-corrected chi connectivity index (χ4v) is 4.85. The van der Waals surface area contributed by atoms with Gasteiger partial charge < -0.3 is 9.84 Å². The molecule has 2 saturated carbocycles. The fraction of sp³-hybridized carbons (Fsp3) is 0.812. The number of aliphatic hydroxyl groups excluding tert-OH is 1. The predicted octanol–water partition coefficient (Wildman–Crippen LogP) is 2.68. The van der Waals surface area contributed by atoms with Crippen LogP contribution >= 0.6 is 0 Å². The van der Waals surface area contributed by atoms with E-state index in [1.165, 1.54) is 0 Å². The number of rotatable bonds is 3. The fourth-order valence-electron chi connectivity index (χ4n) is 4.85. The molecule has 0 amide bonds. The molecule has 0 aromatic rings. The monoisotopic (exact) mass is 264 g/mol. The highest BCUT2D eigenvalue weighted by atomic mass is 16.6. The van der Waals surface area contributed by atoms with E-state index in [1.54, 1.807) is 0 Å². The lowest BCUT2D eigenvalue weighted by molar-refractivity contribution is -0.140. The van der Waals surface area contributed by atoms with E-state index >= 15 is 0 Å². The minimum atomic E-state index is -0.220. The maximum absolute atomic E-state index is 11.6. The minimum Gasteiger partial charge on any atom is -0.458 e. The molecule has 0 bridgehead atoms. The topological polar surface area (TPSA) is 46.5 Å². The van der Waals surface area contributed by atoms with Crippen LogP contribution in [0.1, 0.15) is 46.5 Å². The van der Waals surface area contributed by atoms with Crippen molar-refractivity contribution < 1.29 is 14.6 Å². The van der Waals surface area contributed by atoms with Crippen molar-refractivity contribution in [1.82, 2.24) is 0 Å². The van der Waals surface area contributed by atoms with Crippen molar-refractivity contribution in [2.24, 2.45) is 22.7 Å². The van der Waals surface area contributed by atoms with Crippen molar-refractivity contribution in [2.75, 3.05) is 0 Å².